The van der Waals surface area contributed by atoms with Gasteiger partial charge in [0.25, 0.3) is 0 Å². The molecule has 0 saturated carbocycles. The molecule has 0 amide bonds. The summed E-state index contributed by atoms with van der Waals surface area (Å²) >= 11 is 0. The summed E-state index contributed by atoms with van der Waals surface area (Å²) in [5.41, 5.74) is 4.60. The standard InChI is InChI=1S/C22H28N2O3/c1-4-26-20-8-5-6-9-21(20)27-13-7-11-24-19-15-17(3)16(2)14-18(19)23-22(24)10-12-25/h5-6,8-9,14-15,25H,4,7,10-13H2,1-3H3. The summed E-state index contributed by atoms with van der Waals surface area (Å²) in [5.74, 6) is 2.48. The van der Waals surface area contributed by atoms with E-state index in [1.165, 1.54) is 11.1 Å². The average molecular weight is 368 g/mol. The van der Waals surface area contributed by atoms with Gasteiger partial charge in [0.1, 0.15) is 5.82 Å². The SMILES string of the molecule is CCOc1ccccc1OCCCn1c(CCO)nc2cc(C)c(C)cc21. The highest BCUT2D eigenvalue weighted by atomic mass is 16.5. The predicted octanol–water partition coefficient (Wildman–Crippen LogP) is 4.06. The van der Waals surface area contributed by atoms with Crippen molar-refractivity contribution in [1.29, 1.82) is 0 Å². The Balaban J connectivity index is 1.71. The first kappa shape index (κ1) is 19.2. The molecule has 3 aromatic rings. The minimum Gasteiger partial charge on any atom is -0.490 e. The lowest BCUT2D eigenvalue weighted by atomic mass is 10.1. The normalized spacial score (nSPS) is 11.1. The van der Waals surface area contributed by atoms with E-state index in [-0.39, 0.29) is 6.61 Å². The summed E-state index contributed by atoms with van der Waals surface area (Å²) in [4.78, 5) is 4.72. The summed E-state index contributed by atoms with van der Waals surface area (Å²) in [6.45, 7) is 8.28. The molecule has 0 unspecified atom stereocenters. The zero-order valence-electron chi connectivity index (χ0n) is 16.4. The third-order valence-corrected chi connectivity index (χ3v) is 4.71. The number of para-hydroxylation sites is 2. The van der Waals surface area contributed by atoms with Crippen LogP contribution >= 0.6 is 0 Å². The highest BCUT2D eigenvalue weighted by molar-refractivity contribution is 5.78. The van der Waals surface area contributed by atoms with E-state index >= 15 is 0 Å². The lowest BCUT2D eigenvalue weighted by Crippen LogP contribution is -2.09. The van der Waals surface area contributed by atoms with E-state index in [0.717, 1.165) is 41.3 Å². The Bertz CT molecular complexity index is 902. The van der Waals surface area contributed by atoms with Gasteiger partial charge in [0.05, 0.1) is 30.9 Å². The minimum atomic E-state index is 0.0967. The van der Waals surface area contributed by atoms with Crippen molar-refractivity contribution >= 4 is 11.0 Å². The molecule has 0 saturated heterocycles. The van der Waals surface area contributed by atoms with Crippen LogP contribution in [-0.4, -0.2) is 34.5 Å². The highest BCUT2D eigenvalue weighted by Crippen LogP contribution is 2.27. The van der Waals surface area contributed by atoms with Gasteiger partial charge in [-0.3, -0.25) is 0 Å². The number of fused-ring (bicyclic) bond motifs is 1. The van der Waals surface area contributed by atoms with Crippen molar-refractivity contribution in [2.24, 2.45) is 0 Å². The van der Waals surface area contributed by atoms with E-state index < -0.39 is 0 Å². The van der Waals surface area contributed by atoms with Crippen molar-refractivity contribution < 1.29 is 14.6 Å². The lowest BCUT2D eigenvalue weighted by molar-refractivity contribution is 0.267. The summed E-state index contributed by atoms with van der Waals surface area (Å²) in [6, 6.07) is 12.1. The van der Waals surface area contributed by atoms with Crippen LogP contribution in [0.5, 0.6) is 11.5 Å². The average Bonchev–Trinajstić information content (AvgIpc) is 2.97. The maximum absolute atomic E-state index is 9.39. The third-order valence-electron chi connectivity index (χ3n) is 4.71. The molecule has 144 valence electrons. The van der Waals surface area contributed by atoms with Crippen LogP contribution in [0, 0.1) is 13.8 Å². The summed E-state index contributed by atoms with van der Waals surface area (Å²) in [5, 5.41) is 9.39. The Kier molecular flexibility index (Phi) is 6.35. The second-order valence-electron chi connectivity index (χ2n) is 6.66. The Morgan fingerprint density at radius 3 is 2.44 bits per heavy atom. The van der Waals surface area contributed by atoms with E-state index in [1.54, 1.807) is 0 Å². The molecule has 3 rings (SSSR count). The van der Waals surface area contributed by atoms with Gasteiger partial charge in [0.15, 0.2) is 11.5 Å². The zero-order valence-corrected chi connectivity index (χ0v) is 16.4. The largest absolute Gasteiger partial charge is 0.490 e. The van der Waals surface area contributed by atoms with Crippen LogP contribution in [0.25, 0.3) is 11.0 Å². The van der Waals surface area contributed by atoms with Crippen LogP contribution in [0.2, 0.25) is 0 Å². The first-order chi connectivity index (χ1) is 13.1. The van der Waals surface area contributed by atoms with Crippen LogP contribution in [0.1, 0.15) is 30.3 Å². The van der Waals surface area contributed by atoms with E-state index in [9.17, 15) is 5.11 Å². The van der Waals surface area contributed by atoms with Gasteiger partial charge in [-0.05, 0) is 62.6 Å². The number of rotatable bonds is 9. The highest BCUT2D eigenvalue weighted by Gasteiger charge is 2.12. The summed E-state index contributed by atoms with van der Waals surface area (Å²) in [7, 11) is 0. The Hall–Kier alpha value is -2.53. The van der Waals surface area contributed by atoms with Crippen LogP contribution in [0.15, 0.2) is 36.4 Å². The van der Waals surface area contributed by atoms with Crippen molar-refractivity contribution in [1.82, 2.24) is 9.55 Å². The molecule has 0 aliphatic heterocycles. The summed E-state index contributed by atoms with van der Waals surface area (Å²) < 4.78 is 13.7. The molecular formula is C22H28N2O3. The van der Waals surface area contributed by atoms with E-state index in [0.29, 0.717) is 19.6 Å². The van der Waals surface area contributed by atoms with Gasteiger partial charge in [0, 0.05) is 13.0 Å². The quantitative estimate of drug-likeness (QED) is 0.579. The van der Waals surface area contributed by atoms with Gasteiger partial charge in [-0.25, -0.2) is 4.98 Å². The third kappa shape index (κ3) is 4.42. The fourth-order valence-corrected chi connectivity index (χ4v) is 3.22. The van der Waals surface area contributed by atoms with Gasteiger partial charge in [-0.2, -0.15) is 0 Å². The monoisotopic (exact) mass is 368 g/mol. The van der Waals surface area contributed by atoms with Gasteiger partial charge in [0.2, 0.25) is 0 Å². The van der Waals surface area contributed by atoms with Crippen LogP contribution < -0.4 is 9.47 Å². The molecule has 5 nitrogen and oxygen atoms in total. The Morgan fingerprint density at radius 1 is 1.04 bits per heavy atom. The molecule has 0 spiro atoms. The number of benzene rings is 2. The molecule has 2 aromatic carbocycles. The van der Waals surface area contributed by atoms with Crippen LogP contribution in [0.3, 0.4) is 0 Å². The Labute approximate surface area is 160 Å². The lowest BCUT2D eigenvalue weighted by Gasteiger charge is -2.13. The molecular weight excluding hydrogens is 340 g/mol. The van der Waals surface area contributed by atoms with Gasteiger partial charge >= 0.3 is 0 Å². The summed E-state index contributed by atoms with van der Waals surface area (Å²) in [6.07, 6.45) is 1.40. The smallest absolute Gasteiger partial charge is 0.161 e. The number of aromatic nitrogens is 2. The van der Waals surface area contributed by atoms with Gasteiger partial charge < -0.3 is 19.1 Å². The molecule has 1 heterocycles. The van der Waals surface area contributed by atoms with Crippen molar-refractivity contribution in [3.05, 3.63) is 53.3 Å². The number of aryl methyl sites for hydroxylation is 3. The molecule has 0 fully saturated rings. The maximum atomic E-state index is 9.39. The molecule has 0 bridgehead atoms. The van der Waals surface area contributed by atoms with Crippen molar-refractivity contribution in [2.75, 3.05) is 19.8 Å². The second-order valence-corrected chi connectivity index (χ2v) is 6.66. The molecule has 0 atom stereocenters. The van der Waals surface area contributed by atoms with E-state index in [1.807, 2.05) is 31.2 Å². The molecule has 0 aliphatic rings. The van der Waals surface area contributed by atoms with Crippen molar-refractivity contribution in [2.45, 2.75) is 40.2 Å². The molecule has 0 aliphatic carbocycles. The number of aliphatic hydroxyl groups is 1. The fraction of sp³-hybridized carbons (Fsp3) is 0.409. The van der Waals surface area contributed by atoms with E-state index in [2.05, 4.69) is 30.5 Å². The topological polar surface area (TPSA) is 56.5 Å². The van der Waals surface area contributed by atoms with Gasteiger partial charge in [-0.1, -0.05) is 12.1 Å². The van der Waals surface area contributed by atoms with Crippen molar-refractivity contribution in [3.63, 3.8) is 0 Å². The minimum absolute atomic E-state index is 0.0967. The second kappa shape index (κ2) is 8.91. The fourth-order valence-electron chi connectivity index (χ4n) is 3.22. The van der Waals surface area contributed by atoms with Crippen molar-refractivity contribution in [3.8, 4) is 11.5 Å². The van der Waals surface area contributed by atoms with Crippen LogP contribution in [-0.2, 0) is 13.0 Å². The maximum Gasteiger partial charge on any atom is 0.161 e. The van der Waals surface area contributed by atoms with Crippen LogP contribution in [0.4, 0.5) is 0 Å². The molecule has 5 heteroatoms. The number of ether oxygens (including phenoxy) is 2. The first-order valence-corrected chi connectivity index (χ1v) is 9.56. The number of aliphatic hydroxyl groups excluding tert-OH is 1. The predicted molar refractivity (Wildman–Crippen MR) is 108 cm³/mol. The number of imidazole rings is 1. The molecule has 1 aromatic heterocycles. The Morgan fingerprint density at radius 2 is 1.74 bits per heavy atom. The molecule has 0 radical (unpaired) electrons. The zero-order chi connectivity index (χ0) is 19.2. The molecule has 1 N–H and O–H groups in total. The first-order valence-electron chi connectivity index (χ1n) is 9.56. The number of nitrogens with zero attached hydrogens (tertiary/aromatic N) is 2. The number of hydrogen-bond acceptors (Lipinski definition) is 4. The molecule has 27 heavy (non-hydrogen) atoms. The number of hydrogen-bond donors (Lipinski definition) is 1. The van der Waals surface area contributed by atoms with Gasteiger partial charge in [-0.15, -0.1) is 0 Å². The van der Waals surface area contributed by atoms with E-state index in [4.69, 9.17) is 14.5 Å².